The number of piperidine rings is 1. The van der Waals surface area contributed by atoms with Crippen molar-refractivity contribution in [1.82, 2.24) is 4.98 Å². The number of carbonyl (C=O) groups excluding carboxylic acids is 1. The molecule has 17 heavy (non-hydrogen) atoms. The van der Waals surface area contributed by atoms with E-state index >= 15 is 0 Å². The van der Waals surface area contributed by atoms with Gasteiger partial charge >= 0.3 is 0 Å². The zero-order chi connectivity index (χ0) is 12.3. The first-order valence-electron chi connectivity index (χ1n) is 5.61. The normalized spacial score (nSPS) is 16.5. The van der Waals surface area contributed by atoms with Gasteiger partial charge < -0.3 is 10.6 Å². The molecule has 1 saturated heterocycles. The third kappa shape index (κ3) is 2.53. The fourth-order valence-electron chi connectivity index (χ4n) is 1.96. The molecule has 1 aliphatic heterocycles. The van der Waals surface area contributed by atoms with Crippen LogP contribution in [0.2, 0.25) is 0 Å². The van der Waals surface area contributed by atoms with Crippen LogP contribution in [0.15, 0.2) is 18.3 Å². The molecule has 5 nitrogen and oxygen atoms in total. The predicted octanol–water partition coefficient (Wildman–Crippen LogP) is 0.920. The third-order valence-electron chi connectivity index (χ3n) is 3.03. The predicted molar refractivity (Wildman–Crippen MR) is 63.3 cm³/mol. The second-order valence-electron chi connectivity index (χ2n) is 4.16. The van der Waals surface area contributed by atoms with E-state index in [0.29, 0.717) is 5.56 Å². The SMILES string of the molecule is N#CC1CCN(c2ccc(C(N)=O)cn2)CC1. The number of nitrogens with zero attached hydrogens (tertiary/aromatic N) is 3. The largest absolute Gasteiger partial charge is 0.366 e. The maximum atomic E-state index is 10.9. The van der Waals surface area contributed by atoms with Crippen LogP contribution in [0.1, 0.15) is 23.2 Å². The zero-order valence-electron chi connectivity index (χ0n) is 9.47. The van der Waals surface area contributed by atoms with Gasteiger partial charge in [0.15, 0.2) is 0 Å². The van der Waals surface area contributed by atoms with E-state index in [1.165, 1.54) is 6.20 Å². The Morgan fingerprint density at radius 3 is 2.65 bits per heavy atom. The molecule has 1 aromatic heterocycles. The smallest absolute Gasteiger partial charge is 0.250 e. The van der Waals surface area contributed by atoms with E-state index in [2.05, 4.69) is 16.0 Å². The van der Waals surface area contributed by atoms with Gasteiger partial charge in [-0.05, 0) is 25.0 Å². The van der Waals surface area contributed by atoms with Crippen LogP contribution in [-0.2, 0) is 0 Å². The molecule has 0 saturated carbocycles. The monoisotopic (exact) mass is 230 g/mol. The van der Waals surface area contributed by atoms with Gasteiger partial charge in [-0.15, -0.1) is 0 Å². The molecule has 1 aliphatic rings. The Labute approximate surface area is 99.9 Å². The van der Waals surface area contributed by atoms with E-state index in [1.807, 2.05) is 0 Å². The summed E-state index contributed by atoms with van der Waals surface area (Å²) >= 11 is 0. The highest BCUT2D eigenvalue weighted by atomic mass is 16.1. The lowest BCUT2D eigenvalue weighted by molar-refractivity contribution is 0.1000. The van der Waals surface area contributed by atoms with Crippen LogP contribution in [0.25, 0.3) is 0 Å². The molecule has 1 amide bonds. The first-order valence-corrected chi connectivity index (χ1v) is 5.61. The second-order valence-corrected chi connectivity index (χ2v) is 4.16. The number of anilines is 1. The molecule has 0 aromatic carbocycles. The lowest BCUT2D eigenvalue weighted by Gasteiger charge is -2.30. The Morgan fingerprint density at radius 1 is 1.47 bits per heavy atom. The molecule has 0 unspecified atom stereocenters. The highest BCUT2D eigenvalue weighted by Gasteiger charge is 2.19. The van der Waals surface area contributed by atoms with E-state index in [9.17, 15) is 4.79 Å². The maximum Gasteiger partial charge on any atom is 0.250 e. The minimum Gasteiger partial charge on any atom is -0.366 e. The number of pyridine rings is 1. The molecule has 2 heterocycles. The number of rotatable bonds is 2. The van der Waals surface area contributed by atoms with Crippen molar-refractivity contribution in [2.45, 2.75) is 12.8 Å². The van der Waals surface area contributed by atoms with E-state index in [1.54, 1.807) is 12.1 Å². The van der Waals surface area contributed by atoms with Crippen molar-refractivity contribution >= 4 is 11.7 Å². The van der Waals surface area contributed by atoms with Crippen LogP contribution in [0, 0.1) is 17.2 Å². The number of aromatic nitrogens is 1. The second kappa shape index (κ2) is 4.83. The molecule has 0 aliphatic carbocycles. The van der Waals surface area contributed by atoms with Gasteiger partial charge in [0.25, 0.3) is 0 Å². The number of carbonyl (C=O) groups is 1. The maximum absolute atomic E-state index is 10.9. The highest BCUT2D eigenvalue weighted by Crippen LogP contribution is 2.21. The molecule has 0 bridgehead atoms. The van der Waals surface area contributed by atoms with Crippen molar-refractivity contribution in [2.24, 2.45) is 11.7 Å². The Balaban J connectivity index is 2.04. The van der Waals surface area contributed by atoms with Crippen LogP contribution in [0.4, 0.5) is 5.82 Å². The third-order valence-corrected chi connectivity index (χ3v) is 3.03. The lowest BCUT2D eigenvalue weighted by Crippen LogP contribution is -2.33. The molecule has 1 aromatic rings. The summed E-state index contributed by atoms with van der Waals surface area (Å²) < 4.78 is 0. The number of hydrogen-bond donors (Lipinski definition) is 1. The minimum atomic E-state index is -0.466. The molecule has 5 heteroatoms. The molecule has 2 N–H and O–H groups in total. The van der Waals surface area contributed by atoms with Crippen molar-refractivity contribution < 1.29 is 4.79 Å². The van der Waals surface area contributed by atoms with Gasteiger partial charge in [0.2, 0.25) is 5.91 Å². The first-order chi connectivity index (χ1) is 8.20. The number of primary amides is 1. The van der Waals surface area contributed by atoms with Crippen LogP contribution in [0.3, 0.4) is 0 Å². The average molecular weight is 230 g/mol. The summed E-state index contributed by atoms with van der Waals surface area (Å²) in [5.41, 5.74) is 5.57. The van der Waals surface area contributed by atoms with Crippen molar-refractivity contribution in [2.75, 3.05) is 18.0 Å². The Bertz CT molecular complexity index is 441. The molecule has 2 rings (SSSR count). The molecule has 88 valence electrons. The van der Waals surface area contributed by atoms with E-state index in [-0.39, 0.29) is 5.92 Å². The van der Waals surface area contributed by atoms with Gasteiger partial charge in [0.1, 0.15) is 5.82 Å². The number of nitriles is 1. The quantitative estimate of drug-likeness (QED) is 0.818. The van der Waals surface area contributed by atoms with Gasteiger partial charge in [-0.25, -0.2) is 4.98 Å². The topological polar surface area (TPSA) is 83.0 Å². The van der Waals surface area contributed by atoms with Gasteiger partial charge in [-0.2, -0.15) is 5.26 Å². The number of hydrogen-bond acceptors (Lipinski definition) is 4. The average Bonchev–Trinajstić information content (AvgIpc) is 2.39. The van der Waals surface area contributed by atoms with Crippen LogP contribution in [0.5, 0.6) is 0 Å². The summed E-state index contributed by atoms with van der Waals surface area (Å²) in [5, 5.41) is 8.81. The summed E-state index contributed by atoms with van der Waals surface area (Å²) in [7, 11) is 0. The van der Waals surface area contributed by atoms with Crippen molar-refractivity contribution in [3.05, 3.63) is 23.9 Å². The van der Waals surface area contributed by atoms with Crippen LogP contribution in [-0.4, -0.2) is 24.0 Å². The zero-order valence-corrected chi connectivity index (χ0v) is 9.47. The first kappa shape index (κ1) is 11.4. The van der Waals surface area contributed by atoms with Gasteiger partial charge in [-0.1, -0.05) is 0 Å². The lowest BCUT2D eigenvalue weighted by atomic mass is 9.99. The van der Waals surface area contributed by atoms with Crippen molar-refractivity contribution in [1.29, 1.82) is 5.26 Å². The Hall–Kier alpha value is -2.09. The van der Waals surface area contributed by atoms with Crippen LogP contribution < -0.4 is 10.6 Å². The molecular formula is C12H14N4O. The molecular weight excluding hydrogens is 216 g/mol. The summed E-state index contributed by atoms with van der Waals surface area (Å²) in [6, 6.07) is 5.77. The van der Waals surface area contributed by atoms with Crippen molar-refractivity contribution in [3.63, 3.8) is 0 Å². The van der Waals surface area contributed by atoms with Gasteiger partial charge in [-0.3, -0.25) is 4.79 Å². The number of amides is 1. The fourth-order valence-corrected chi connectivity index (χ4v) is 1.96. The van der Waals surface area contributed by atoms with E-state index < -0.39 is 5.91 Å². The molecule has 0 atom stereocenters. The summed E-state index contributed by atoms with van der Waals surface area (Å²) in [6.45, 7) is 1.67. The standard InChI is InChI=1S/C12H14N4O/c13-7-9-3-5-16(6-4-9)11-2-1-10(8-15-11)12(14)17/h1-2,8-9H,3-6H2,(H2,14,17). The van der Waals surface area contributed by atoms with E-state index in [4.69, 9.17) is 11.0 Å². The number of nitrogens with two attached hydrogens (primary N) is 1. The van der Waals surface area contributed by atoms with E-state index in [0.717, 1.165) is 31.7 Å². The Morgan fingerprint density at radius 2 is 2.18 bits per heavy atom. The summed E-state index contributed by atoms with van der Waals surface area (Å²) in [6.07, 6.45) is 3.24. The van der Waals surface area contributed by atoms with Gasteiger partial charge in [0, 0.05) is 25.2 Å². The molecule has 1 fully saturated rings. The summed E-state index contributed by atoms with van der Waals surface area (Å²) in [4.78, 5) is 17.2. The highest BCUT2D eigenvalue weighted by molar-refractivity contribution is 5.92. The van der Waals surface area contributed by atoms with Crippen molar-refractivity contribution in [3.8, 4) is 6.07 Å². The van der Waals surface area contributed by atoms with Crippen LogP contribution >= 0.6 is 0 Å². The fraction of sp³-hybridized carbons (Fsp3) is 0.417. The molecule has 0 radical (unpaired) electrons. The molecule has 0 spiro atoms. The Kier molecular flexibility index (Phi) is 3.24. The minimum absolute atomic E-state index is 0.163. The summed E-state index contributed by atoms with van der Waals surface area (Å²) in [5.74, 6) is 0.537. The van der Waals surface area contributed by atoms with Gasteiger partial charge in [0.05, 0.1) is 11.6 Å².